The van der Waals surface area contributed by atoms with Crippen LogP contribution in [-0.2, 0) is 0 Å². The minimum Gasteiger partial charge on any atom is -0.333 e. The predicted octanol–water partition coefficient (Wildman–Crippen LogP) is 3.14. The first-order valence-electron chi connectivity index (χ1n) is 6.27. The van der Waals surface area contributed by atoms with Gasteiger partial charge in [-0.3, -0.25) is 0 Å². The zero-order valence-corrected chi connectivity index (χ0v) is 12.6. The van der Waals surface area contributed by atoms with Gasteiger partial charge in [0.25, 0.3) is 0 Å². The van der Waals surface area contributed by atoms with E-state index in [1.54, 1.807) is 6.07 Å². The van der Waals surface area contributed by atoms with E-state index in [0.717, 1.165) is 5.56 Å². The molecule has 0 aliphatic carbocycles. The molecule has 0 aromatic heterocycles. The number of anilines is 1. The molecule has 1 rings (SSSR count). The number of hydrogen-bond acceptors (Lipinski definition) is 2. The molecule has 1 aromatic carbocycles. The van der Waals surface area contributed by atoms with Crippen LogP contribution >= 0.6 is 11.6 Å². The van der Waals surface area contributed by atoms with E-state index in [-0.39, 0.29) is 17.5 Å². The van der Waals surface area contributed by atoms with Crippen molar-refractivity contribution in [3.63, 3.8) is 0 Å². The van der Waals surface area contributed by atoms with Gasteiger partial charge in [-0.2, -0.15) is 0 Å². The molecule has 4 nitrogen and oxygen atoms in total. The van der Waals surface area contributed by atoms with Gasteiger partial charge in [0.15, 0.2) is 0 Å². The molecule has 0 bridgehead atoms. The van der Waals surface area contributed by atoms with Crippen molar-refractivity contribution in [1.82, 2.24) is 5.32 Å². The minimum absolute atomic E-state index is 0.0863. The second-order valence-electron chi connectivity index (χ2n) is 5.72. The molecule has 1 aromatic rings. The number of nitrogens with two attached hydrogens (primary N) is 1. The Morgan fingerprint density at radius 3 is 2.53 bits per heavy atom. The fourth-order valence-electron chi connectivity index (χ4n) is 1.63. The van der Waals surface area contributed by atoms with Crippen LogP contribution in [0.1, 0.15) is 26.3 Å². The summed E-state index contributed by atoms with van der Waals surface area (Å²) in [5, 5.41) is 6.26. The van der Waals surface area contributed by atoms with Gasteiger partial charge in [-0.1, -0.05) is 38.4 Å². The molecule has 0 saturated heterocycles. The number of carbonyl (C=O) groups is 1. The van der Waals surface area contributed by atoms with Gasteiger partial charge in [0, 0.05) is 23.3 Å². The van der Waals surface area contributed by atoms with E-state index in [4.69, 9.17) is 17.3 Å². The summed E-state index contributed by atoms with van der Waals surface area (Å²) in [6.07, 6.45) is 0. The summed E-state index contributed by atoms with van der Waals surface area (Å²) in [7, 11) is 0. The lowest BCUT2D eigenvalue weighted by molar-refractivity contribution is 0.230. The van der Waals surface area contributed by atoms with Crippen LogP contribution in [0.3, 0.4) is 0 Å². The number of urea groups is 1. The summed E-state index contributed by atoms with van der Waals surface area (Å²) in [4.78, 5) is 11.9. The minimum atomic E-state index is -0.273. The van der Waals surface area contributed by atoms with E-state index >= 15 is 0 Å². The van der Waals surface area contributed by atoms with Crippen molar-refractivity contribution >= 4 is 23.3 Å². The molecule has 0 heterocycles. The van der Waals surface area contributed by atoms with Gasteiger partial charge in [0.2, 0.25) is 0 Å². The highest BCUT2D eigenvalue weighted by Gasteiger charge is 2.24. The van der Waals surface area contributed by atoms with Gasteiger partial charge < -0.3 is 16.4 Å². The van der Waals surface area contributed by atoms with Crippen LogP contribution in [-0.4, -0.2) is 18.6 Å². The molecule has 0 aliphatic heterocycles. The summed E-state index contributed by atoms with van der Waals surface area (Å²) in [5.41, 5.74) is 7.23. The van der Waals surface area contributed by atoms with E-state index in [1.807, 2.05) is 39.8 Å². The third-order valence-electron chi connectivity index (χ3n) is 3.02. The Morgan fingerprint density at radius 2 is 2.05 bits per heavy atom. The predicted molar refractivity (Wildman–Crippen MR) is 80.6 cm³/mol. The fraction of sp³-hybridized carbons (Fsp3) is 0.500. The van der Waals surface area contributed by atoms with Crippen LogP contribution < -0.4 is 16.4 Å². The molecule has 0 radical (unpaired) electrons. The number of carbonyl (C=O) groups excluding carboxylic acids is 1. The lowest BCUT2D eigenvalue weighted by atomic mass is 9.87. The van der Waals surface area contributed by atoms with Crippen molar-refractivity contribution in [2.24, 2.45) is 11.1 Å². The zero-order valence-electron chi connectivity index (χ0n) is 11.9. The van der Waals surface area contributed by atoms with Crippen molar-refractivity contribution in [1.29, 1.82) is 0 Å². The standard InChI is InChI=1S/C14H22ClN3O/c1-9-5-6-10(7-11(9)15)17-13(19)18-12(8-16)14(2,3)4/h5-7,12H,8,16H2,1-4H3,(H2,17,18,19). The maximum atomic E-state index is 11.9. The Balaban J connectivity index is 2.67. The highest BCUT2D eigenvalue weighted by atomic mass is 35.5. The van der Waals surface area contributed by atoms with Crippen molar-refractivity contribution < 1.29 is 4.79 Å². The highest BCUT2D eigenvalue weighted by molar-refractivity contribution is 6.31. The molecular formula is C14H22ClN3O. The summed E-state index contributed by atoms with van der Waals surface area (Å²) in [6.45, 7) is 8.41. The second kappa shape index (κ2) is 6.26. The highest BCUT2D eigenvalue weighted by Crippen LogP contribution is 2.21. The lowest BCUT2D eigenvalue weighted by Crippen LogP contribution is -2.49. The van der Waals surface area contributed by atoms with E-state index < -0.39 is 0 Å². The third-order valence-corrected chi connectivity index (χ3v) is 3.42. The van der Waals surface area contributed by atoms with E-state index in [1.165, 1.54) is 0 Å². The van der Waals surface area contributed by atoms with Crippen molar-refractivity contribution in [3.05, 3.63) is 28.8 Å². The topological polar surface area (TPSA) is 67.2 Å². The Kier molecular flexibility index (Phi) is 5.20. The number of amides is 2. The molecule has 0 fully saturated rings. The Morgan fingerprint density at radius 1 is 1.42 bits per heavy atom. The average Bonchev–Trinajstić information content (AvgIpc) is 2.29. The molecule has 106 valence electrons. The first-order valence-corrected chi connectivity index (χ1v) is 6.65. The number of rotatable bonds is 3. The van der Waals surface area contributed by atoms with Crippen LogP contribution in [0.15, 0.2) is 18.2 Å². The van der Waals surface area contributed by atoms with Crippen LogP contribution in [0.4, 0.5) is 10.5 Å². The Bertz CT molecular complexity index is 454. The molecule has 5 heteroatoms. The van der Waals surface area contributed by atoms with Gasteiger partial charge in [-0.05, 0) is 30.0 Å². The van der Waals surface area contributed by atoms with E-state index in [0.29, 0.717) is 17.3 Å². The largest absolute Gasteiger partial charge is 0.333 e. The van der Waals surface area contributed by atoms with Gasteiger partial charge in [0.1, 0.15) is 0 Å². The summed E-state index contributed by atoms with van der Waals surface area (Å²) in [6, 6.07) is 5.04. The summed E-state index contributed by atoms with van der Waals surface area (Å²) in [5.74, 6) is 0. The molecule has 1 atom stereocenters. The third kappa shape index (κ3) is 4.73. The number of hydrogen-bond donors (Lipinski definition) is 3. The summed E-state index contributed by atoms with van der Waals surface area (Å²) >= 11 is 6.01. The molecular weight excluding hydrogens is 262 g/mol. The Hall–Kier alpha value is -1.26. The first-order chi connectivity index (χ1) is 8.74. The van der Waals surface area contributed by atoms with Gasteiger partial charge in [-0.15, -0.1) is 0 Å². The van der Waals surface area contributed by atoms with Gasteiger partial charge in [0.05, 0.1) is 0 Å². The smallest absolute Gasteiger partial charge is 0.319 e. The quantitative estimate of drug-likeness (QED) is 0.798. The molecule has 2 amide bonds. The van der Waals surface area contributed by atoms with Crippen LogP contribution in [0.25, 0.3) is 0 Å². The maximum absolute atomic E-state index is 11.9. The van der Waals surface area contributed by atoms with Crippen molar-refractivity contribution in [3.8, 4) is 0 Å². The van der Waals surface area contributed by atoms with Crippen molar-refractivity contribution in [2.45, 2.75) is 33.7 Å². The number of aryl methyl sites for hydroxylation is 1. The molecule has 19 heavy (non-hydrogen) atoms. The molecule has 4 N–H and O–H groups in total. The molecule has 1 unspecified atom stereocenters. The normalized spacial score (nSPS) is 12.9. The fourth-order valence-corrected chi connectivity index (χ4v) is 1.81. The van der Waals surface area contributed by atoms with E-state index in [2.05, 4.69) is 10.6 Å². The molecule has 0 spiro atoms. The zero-order chi connectivity index (χ0) is 14.6. The van der Waals surface area contributed by atoms with Gasteiger partial charge in [-0.25, -0.2) is 4.79 Å². The lowest BCUT2D eigenvalue weighted by Gasteiger charge is -2.30. The summed E-state index contributed by atoms with van der Waals surface area (Å²) < 4.78 is 0. The number of nitrogens with one attached hydrogen (secondary N) is 2. The van der Waals surface area contributed by atoms with Crippen LogP contribution in [0.5, 0.6) is 0 Å². The average molecular weight is 284 g/mol. The SMILES string of the molecule is Cc1ccc(NC(=O)NC(CN)C(C)(C)C)cc1Cl. The second-order valence-corrected chi connectivity index (χ2v) is 6.12. The van der Waals surface area contributed by atoms with Crippen molar-refractivity contribution in [2.75, 3.05) is 11.9 Å². The first kappa shape index (κ1) is 15.8. The number of halogens is 1. The van der Waals surface area contributed by atoms with Crippen LogP contribution in [0.2, 0.25) is 5.02 Å². The maximum Gasteiger partial charge on any atom is 0.319 e. The van der Waals surface area contributed by atoms with Gasteiger partial charge >= 0.3 is 6.03 Å². The molecule has 0 saturated carbocycles. The monoisotopic (exact) mass is 283 g/mol. The van der Waals surface area contributed by atoms with Crippen LogP contribution in [0, 0.1) is 12.3 Å². The Labute approximate surface area is 119 Å². The number of benzene rings is 1. The van der Waals surface area contributed by atoms with E-state index in [9.17, 15) is 4.79 Å². The molecule has 0 aliphatic rings.